The van der Waals surface area contributed by atoms with Gasteiger partial charge >= 0.3 is 199 Å². The van der Waals surface area contributed by atoms with E-state index in [4.69, 9.17) is 0 Å². The molecule has 0 nitrogen and oxygen atoms in total. The molecule has 0 fully saturated rings. The second-order valence-corrected chi connectivity index (χ2v) is 0. The monoisotopic (exact) mass is 895 g/mol. The number of rotatable bonds is 0. The summed E-state index contributed by atoms with van der Waals surface area (Å²) in [6.45, 7) is 0. The molecule has 0 rings (SSSR count). The summed E-state index contributed by atoms with van der Waals surface area (Å²) in [7, 11) is 0. The van der Waals surface area contributed by atoms with Gasteiger partial charge in [0.2, 0.25) is 0 Å². The Morgan fingerprint density at radius 1 is 0.417 bits per heavy atom. The van der Waals surface area contributed by atoms with Gasteiger partial charge in [-0.25, -0.2) is 0 Å². The second kappa shape index (κ2) is 97.7. The van der Waals surface area contributed by atoms with Crippen molar-refractivity contribution in [2.24, 2.45) is 0 Å². The van der Waals surface area contributed by atoms with Crippen molar-refractivity contribution in [2.75, 3.05) is 0 Å². The normalized spacial score (nSPS) is 0. The molecule has 0 spiro atoms. The molecule has 66 valence electrons. The molecule has 0 bridgehead atoms. The minimum atomic E-state index is 0. The Labute approximate surface area is 223 Å². The van der Waals surface area contributed by atoms with Crippen LogP contribution in [0.4, 0.5) is 0 Å². The summed E-state index contributed by atoms with van der Waals surface area (Å²) in [5.74, 6) is 0. The Balaban J connectivity index is 0. The van der Waals surface area contributed by atoms with Gasteiger partial charge in [0.25, 0.3) is 0 Å². The average Bonchev–Trinajstić information content (AvgIpc) is 0. The van der Waals surface area contributed by atoms with E-state index in [0.717, 1.165) is 0 Å². The fraction of sp³-hybridized carbons (Fsp3) is 0. The Bertz CT molecular complexity index is 27.5. The van der Waals surface area contributed by atoms with Crippen LogP contribution in [0.2, 0.25) is 0 Å². The first-order chi connectivity index (χ1) is 0. The van der Waals surface area contributed by atoms with Crippen LogP contribution in [0, 0.1) is 0 Å². The van der Waals surface area contributed by atoms with Crippen molar-refractivity contribution in [3.8, 4) is 0 Å². The van der Waals surface area contributed by atoms with Crippen molar-refractivity contribution < 1.29 is 0 Å². The van der Waals surface area contributed by atoms with Gasteiger partial charge in [0.05, 0.1) is 0 Å². The maximum atomic E-state index is 0. The van der Waals surface area contributed by atoms with E-state index in [9.17, 15) is 0 Å². The van der Waals surface area contributed by atoms with Gasteiger partial charge in [-0.05, 0) is 0 Å². The van der Waals surface area contributed by atoms with E-state index >= 15 is 0 Å². The van der Waals surface area contributed by atoms with E-state index in [-0.39, 0.29) is 229 Å². The average molecular weight is 899 g/mol. The van der Waals surface area contributed by atoms with Crippen molar-refractivity contribution in [3.05, 3.63) is 0 Å². The zero-order valence-electron chi connectivity index (χ0n) is 4.81. The van der Waals surface area contributed by atoms with Crippen LogP contribution >= 0.6 is 29.7 Å². The predicted octanol–water partition coefficient (Wildman–Crippen LogP) is -5.66. The van der Waals surface area contributed by atoms with Crippen molar-refractivity contribution in [3.63, 3.8) is 0 Å². The van der Waals surface area contributed by atoms with Gasteiger partial charge in [0.1, 0.15) is 0 Å². The third-order valence-electron chi connectivity index (χ3n) is 0. The topological polar surface area (TPSA) is 0 Å². The predicted molar refractivity (Wildman–Crippen MR) is 97.7 cm³/mol. The van der Waals surface area contributed by atoms with E-state index in [1.54, 1.807) is 0 Å². The molecule has 0 aromatic heterocycles. The van der Waals surface area contributed by atoms with Crippen LogP contribution in [0.3, 0.4) is 0 Å². The van der Waals surface area contributed by atoms with Gasteiger partial charge in [-0.2, -0.15) is 0 Å². The fourth-order valence-electron chi connectivity index (χ4n) is 0. The number of hydrogen-bond donors (Lipinski definition) is 0. The zero-order valence-corrected chi connectivity index (χ0v) is 21.2. The Hall–Kier alpha value is 7.82. The van der Waals surface area contributed by atoms with Crippen molar-refractivity contribution in [2.45, 2.75) is 0 Å². The van der Waals surface area contributed by atoms with E-state index in [1.165, 1.54) is 0 Å². The van der Waals surface area contributed by atoms with Crippen LogP contribution in [0.25, 0.3) is 0 Å². The summed E-state index contributed by atoms with van der Waals surface area (Å²) in [5, 5.41) is 0. The van der Waals surface area contributed by atoms with Crippen molar-refractivity contribution in [1.82, 2.24) is 0 Å². The van der Waals surface area contributed by atoms with E-state index in [2.05, 4.69) is 0 Å². The Morgan fingerprint density at radius 3 is 0.417 bits per heavy atom. The summed E-state index contributed by atoms with van der Waals surface area (Å²) >= 11 is 0. The molecule has 0 aromatic carbocycles. The first-order valence-electron chi connectivity index (χ1n) is 0. The summed E-state index contributed by atoms with van der Waals surface area (Å²) in [6.07, 6.45) is 0. The van der Waals surface area contributed by atoms with Gasteiger partial charge in [-0.1, -0.05) is 0 Å². The second-order valence-electron chi connectivity index (χ2n) is 0. The van der Waals surface area contributed by atoms with Crippen LogP contribution in [0.5, 0.6) is 0 Å². The van der Waals surface area contributed by atoms with Crippen molar-refractivity contribution in [1.29, 1.82) is 0 Å². The van der Waals surface area contributed by atoms with Crippen LogP contribution in [-0.2, 0) is 0 Å². The first-order valence-corrected chi connectivity index (χ1v) is 0. The van der Waals surface area contributed by atoms with Crippen LogP contribution in [-0.4, -0.2) is 199 Å². The number of hydrogen-bond acceptors (Lipinski definition) is 0. The van der Waals surface area contributed by atoms with Gasteiger partial charge in [0.15, 0.2) is 0 Å². The molecule has 0 amide bonds. The summed E-state index contributed by atoms with van der Waals surface area (Å²) in [5.41, 5.74) is 0. The molecule has 0 heterocycles. The summed E-state index contributed by atoms with van der Waals surface area (Å²) < 4.78 is 0. The molecule has 0 unspecified atom stereocenters. The third-order valence-corrected chi connectivity index (χ3v) is 0. The molecule has 0 atom stereocenters. The third kappa shape index (κ3) is 82.4. The molecule has 0 saturated carbocycles. The molecule has 0 aliphatic heterocycles. The molecule has 12 heteroatoms. The molecule has 0 aliphatic carbocycles. The van der Waals surface area contributed by atoms with E-state index in [0.29, 0.717) is 0 Å². The molecule has 0 saturated heterocycles. The molecular formula is H18Al2Ga2In2P3Sb3. The molecule has 0 radical (unpaired) electrons. The summed E-state index contributed by atoms with van der Waals surface area (Å²) in [6, 6.07) is 0. The van der Waals surface area contributed by atoms with Gasteiger partial charge in [-0.3, -0.25) is 0 Å². The zero-order chi connectivity index (χ0) is 0. The Kier molecular flexibility index (Phi) is 934. The molecule has 12 heavy (non-hydrogen) atoms. The quantitative estimate of drug-likeness (QED) is 0.169. The van der Waals surface area contributed by atoms with Gasteiger partial charge < -0.3 is 29.7 Å². The van der Waals surface area contributed by atoms with Crippen LogP contribution in [0.15, 0.2) is 0 Å². The van der Waals surface area contributed by atoms with Gasteiger partial charge in [0, 0.05) is 0 Å². The van der Waals surface area contributed by atoms with E-state index in [1.807, 2.05) is 0 Å². The maximum absolute atomic E-state index is 0. The minimum absolute atomic E-state index is 0. The van der Waals surface area contributed by atoms with Crippen LogP contribution < -0.4 is 0 Å². The molecule has 0 N–H and O–H groups in total. The standard InChI is InChI=1S/2Al.2Ga.2In.3P.3Sb.18H/q6*+3;6*-3;;;;;;;;;;;;;;;;;;. The Morgan fingerprint density at radius 2 is 0.417 bits per heavy atom. The van der Waals surface area contributed by atoms with Crippen LogP contribution in [0.1, 0.15) is 0 Å². The SMILES string of the molecule is [Al+3].[Al+3].[Ga+3].[Ga+3].[In+3].[In+3].[P-3].[P-3].[P-3].[SbH6-3].[SbH6-3].[SbH6-3]. The fourth-order valence-corrected chi connectivity index (χ4v) is 0. The summed E-state index contributed by atoms with van der Waals surface area (Å²) in [4.78, 5) is 0. The molecule has 0 aliphatic rings. The van der Waals surface area contributed by atoms with Crippen molar-refractivity contribution >= 4 is 229 Å². The first kappa shape index (κ1) is 115. The molecule has 0 aromatic rings. The van der Waals surface area contributed by atoms with E-state index < -0.39 is 0 Å². The van der Waals surface area contributed by atoms with Gasteiger partial charge in [-0.15, -0.1) is 0 Å². The molecular weight excluding hydrogens is 881 g/mol.